The fraction of sp³-hybridized carbons (Fsp3) is 0.105. The number of hydrogen-bond donors (Lipinski definition) is 1. The van der Waals surface area contributed by atoms with Crippen LogP contribution in [0.4, 0.5) is 5.69 Å². The quantitative estimate of drug-likeness (QED) is 0.514. The number of nitrogens with one attached hydrogen (secondary N) is 1. The maximum atomic E-state index is 12.6. The Morgan fingerprint density at radius 2 is 2.04 bits per heavy atom. The molecule has 6 nitrogen and oxygen atoms in total. The van der Waals surface area contributed by atoms with Crippen molar-refractivity contribution in [1.29, 1.82) is 0 Å². The molecule has 1 aromatic heterocycles. The molecule has 0 atom stereocenters. The average Bonchev–Trinajstić information content (AvgIpc) is 2.92. The number of Topliss-reactive ketones (excluding diaryl/α,β-unsaturated/α-hetero) is 1. The molecule has 1 N–H and O–H groups in total. The van der Waals surface area contributed by atoms with E-state index in [9.17, 15) is 9.59 Å². The predicted molar refractivity (Wildman–Crippen MR) is 92.0 cm³/mol. The average molecular weight is 336 g/mol. The third-order valence-corrected chi connectivity index (χ3v) is 3.38. The van der Waals surface area contributed by atoms with E-state index in [1.54, 1.807) is 43.6 Å². The SMILES string of the molecule is CCOC(=O)C1=C(Nc2ccccc2)OC(=Cc2cccnc2)C1=O. The van der Waals surface area contributed by atoms with Gasteiger partial charge in [-0.2, -0.15) is 0 Å². The van der Waals surface area contributed by atoms with Crippen LogP contribution >= 0.6 is 0 Å². The highest BCUT2D eigenvalue weighted by molar-refractivity contribution is 6.26. The first kappa shape index (κ1) is 16.4. The molecule has 0 saturated carbocycles. The van der Waals surface area contributed by atoms with Gasteiger partial charge < -0.3 is 14.8 Å². The van der Waals surface area contributed by atoms with E-state index in [2.05, 4.69) is 10.3 Å². The number of ketones is 1. The van der Waals surface area contributed by atoms with Crippen LogP contribution in [0.5, 0.6) is 0 Å². The summed E-state index contributed by atoms with van der Waals surface area (Å²) >= 11 is 0. The Morgan fingerprint density at radius 3 is 2.72 bits per heavy atom. The topological polar surface area (TPSA) is 77.5 Å². The summed E-state index contributed by atoms with van der Waals surface area (Å²) in [5.74, 6) is -1.15. The Morgan fingerprint density at radius 1 is 1.24 bits per heavy atom. The van der Waals surface area contributed by atoms with Crippen molar-refractivity contribution >= 4 is 23.5 Å². The number of allylic oxidation sites excluding steroid dienone is 1. The van der Waals surface area contributed by atoms with E-state index in [-0.39, 0.29) is 23.8 Å². The Kier molecular flexibility index (Phi) is 4.89. The van der Waals surface area contributed by atoms with E-state index in [1.165, 1.54) is 6.08 Å². The normalized spacial score (nSPS) is 15.2. The highest BCUT2D eigenvalue weighted by atomic mass is 16.5. The molecule has 1 aliphatic heterocycles. The lowest BCUT2D eigenvalue weighted by Crippen LogP contribution is -2.16. The predicted octanol–water partition coefficient (Wildman–Crippen LogP) is 2.91. The standard InChI is InChI=1S/C19H16N2O4/c1-2-24-19(23)16-17(22)15(11-13-7-6-10-20-12-13)25-18(16)21-14-8-4-3-5-9-14/h3-12,21H,2H2,1H3. The molecule has 0 unspecified atom stereocenters. The number of carbonyl (C=O) groups excluding carboxylic acids is 2. The molecular formula is C19H16N2O4. The van der Waals surface area contributed by atoms with Gasteiger partial charge in [-0.25, -0.2) is 4.79 Å². The lowest BCUT2D eigenvalue weighted by atomic mass is 10.1. The van der Waals surface area contributed by atoms with Crippen LogP contribution in [0.2, 0.25) is 0 Å². The molecule has 126 valence electrons. The summed E-state index contributed by atoms with van der Waals surface area (Å²) in [5.41, 5.74) is 1.23. The van der Waals surface area contributed by atoms with Gasteiger partial charge in [0, 0.05) is 18.1 Å². The number of benzene rings is 1. The zero-order valence-corrected chi connectivity index (χ0v) is 13.6. The highest BCUT2D eigenvalue weighted by Gasteiger charge is 2.36. The second-order valence-electron chi connectivity index (χ2n) is 5.14. The first-order valence-electron chi connectivity index (χ1n) is 7.76. The zero-order valence-electron chi connectivity index (χ0n) is 13.6. The molecule has 0 aliphatic carbocycles. The highest BCUT2D eigenvalue weighted by Crippen LogP contribution is 2.28. The molecule has 0 spiro atoms. The van der Waals surface area contributed by atoms with E-state index in [0.29, 0.717) is 11.3 Å². The van der Waals surface area contributed by atoms with Crippen molar-refractivity contribution in [3.8, 4) is 0 Å². The lowest BCUT2D eigenvalue weighted by molar-refractivity contribution is -0.139. The van der Waals surface area contributed by atoms with Crippen LogP contribution in [-0.2, 0) is 19.1 Å². The summed E-state index contributed by atoms with van der Waals surface area (Å²) in [5, 5.41) is 2.96. The van der Waals surface area contributed by atoms with Gasteiger partial charge in [0.25, 0.3) is 0 Å². The number of anilines is 1. The summed E-state index contributed by atoms with van der Waals surface area (Å²) in [7, 11) is 0. The van der Waals surface area contributed by atoms with Crippen LogP contribution in [0.25, 0.3) is 6.08 Å². The maximum absolute atomic E-state index is 12.6. The van der Waals surface area contributed by atoms with Gasteiger partial charge in [0.1, 0.15) is 0 Å². The van der Waals surface area contributed by atoms with Crippen LogP contribution < -0.4 is 5.32 Å². The molecule has 2 heterocycles. The third-order valence-electron chi connectivity index (χ3n) is 3.38. The molecule has 0 bridgehead atoms. The fourth-order valence-corrected chi connectivity index (χ4v) is 2.27. The minimum absolute atomic E-state index is 0.0366. The minimum Gasteiger partial charge on any atom is -0.462 e. The number of esters is 1. The van der Waals surface area contributed by atoms with Crippen molar-refractivity contribution in [3.05, 3.63) is 77.6 Å². The van der Waals surface area contributed by atoms with Gasteiger partial charge in [-0.05, 0) is 36.8 Å². The number of nitrogens with zero attached hydrogens (tertiary/aromatic N) is 1. The third kappa shape index (κ3) is 3.74. The van der Waals surface area contributed by atoms with Gasteiger partial charge in [-0.3, -0.25) is 9.78 Å². The van der Waals surface area contributed by atoms with Gasteiger partial charge >= 0.3 is 5.97 Å². The van der Waals surface area contributed by atoms with Gasteiger partial charge in [-0.15, -0.1) is 0 Å². The summed E-state index contributed by atoms with van der Waals surface area (Å²) in [6, 6.07) is 12.6. The molecular weight excluding hydrogens is 320 g/mol. The number of carbonyl (C=O) groups is 2. The molecule has 25 heavy (non-hydrogen) atoms. The van der Waals surface area contributed by atoms with Crippen molar-refractivity contribution < 1.29 is 19.1 Å². The Bertz CT molecular complexity index is 842. The summed E-state index contributed by atoms with van der Waals surface area (Å²) < 4.78 is 10.6. The number of pyridine rings is 1. The van der Waals surface area contributed by atoms with Crippen molar-refractivity contribution in [2.45, 2.75) is 6.92 Å². The summed E-state index contributed by atoms with van der Waals surface area (Å²) in [4.78, 5) is 28.8. The van der Waals surface area contributed by atoms with E-state index < -0.39 is 11.8 Å². The molecule has 0 saturated heterocycles. The maximum Gasteiger partial charge on any atom is 0.347 e. The lowest BCUT2D eigenvalue weighted by Gasteiger charge is -2.08. The Balaban J connectivity index is 1.93. The molecule has 0 fully saturated rings. The number of aromatic nitrogens is 1. The summed E-state index contributed by atoms with van der Waals surface area (Å²) in [6.07, 6.45) is 4.76. The largest absolute Gasteiger partial charge is 0.462 e. The van der Waals surface area contributed by atoms with Crippen molar-refractivity contribution in [2.24, 2.45) is 0 Å². The molecule has 3 rings (SSSR count). The van der Waals surface area contributed by atoms with E-state index in [0.717, 1.165) is 0 Å². The second-order valence-corrected chi connectivity index (χ2v) is 5.14. The molecule has 0 radical (unpaired) electrons. The number of hydrogen-bond acceptors (Lipinski definition) is 6. The second kappa shape index (κ2) is 7.44. The number of para-hydroxylation sites is 1. The number of rotatable bonds is 5. The monoisotopic (exact) mass is 336 g/mol. The first-order valence-corrected chi connectivity index (χ1v) is 7.76. The molecule has 2 aromatic rings. The Hall–Kier alpha value is -3.41. The van der Waals surface area contributed by atoms with Gasteiger partial charge in [-0.1, -0.05) is 24.3 Å². The number of ether oxygens (including phenoxy) is 2. The van der Waals surface area contributed by atoms with E-state index in [1.807, 2.05) is 18.2 Å². The minimum atomic E-state index is -0.722. The molecule has 6 heteroatoms. The van der Waals surface area contributed by atoms with Crippen LogP contribution in [-0.4, -0.2) is 23.3 Å². The van der Waals surface area contributed by atoms with Crippen LogP contribution in [0.15, 0.2) is 72.1 Å². The van der Waals surface area contributed by atoms with Gasteiger partial charge in [0.2, 0.25) is 11.7 Å². The molecule has 1 aliphatic rings. The van der Waals surface area contributed by atoms with Gasteiger partial charge in [0.05, 0.1) is 6.61 Å². The Labute approximate surface area is 144 Å². The van der Waals surface area contributed by atoms with Crippen molar-refractivity contribution in [2.75, 3.05) is 11.9 Å². The fourth-order valence-electron chi connectivity index (χ4n) is 2.27. The van der Waals surface area contributed by atoms with Gasteiger partial charge in [0.15, 0.2) is 11.3 Å². The van der Waals surface area contributed by atoms with Crippen molar-refractivity contribution in [1.82, 2.24) is 4.98 Å². The molecule has 1 aromatic carbocycles. The molecule has 0 amide bonds. The summed E-state index contributed by atoms with van der Waals surface area (Å²) in [6.45, 7) is 1.84. The van der Waals surface area contributed by atoms with Crippen LogP contribution in [0.3, 0.4) is 0 Å². The van der Waals surface area contributed by atoms with E-state index in [4.69, 9.17) is 9.47 Å². The first-order chi connectivity index (χ1) is 12.2. The van der Waals surface area contributed by atoms with Crippen molar-refractivity contribution in [3.63, 3.8) is 0 Å². The smallest absolute Gasteiger partial charge is 0.347 e. The van der Waals surface area contributed by atoms with E-state index >= 15 is 0 Å². The van der Waals surface area contributed by atoms with Crippen LogP contribution in [0, 0.1) is 0 Å². The van der Waals surface area contributed by atoms with Crippen LogP contribution in [0.1, 0.15) is 12.5 Å². The zero-order chi connectivity index (χ0) is 17.6.